The van der Waals surface area contributed by atoms with E-state index in [0.29, 0.717) is 22.3 Å². The second-order valence-electron chi connectivity index (χ2n) is 8.04. The summed E-state index contributed by atoms with van der Waals surface area (Å²) in [7, 11) is 0. The summed E-state index contributed by atoms with van der Waals surface area (Å²) in [5.41, 5.74) is 5.66. The monoisotopic (exact) mass is 568 g/mol. The maximum absolute atomic E-state index is 13.2. The van der Waals surface area contributed by atoms with Crippen molar-refractivity contribution in [2.24, 2.45) is 0 Å². The molecular weight excluding hydrogens is 552 g/mol. The fourth-order valence-corrected chi connectivity index (χ4v) is 4.45. The van der Waals surface area contributed by atoms with Gasteiger partial charge in [0, 0.05) is 31.2 Å². The van der Waals surface area contributed by atoms with Gasteiger partial charge in [0.1, 0.15) is 0 Å². The highest BCUT2D eigenvalue weighted by Gasteiger charge is 2.29. The minimum absolute atomic E-state index is 0.119. The normalized spacial score (nSPS) is 12.9. The van der Waals surface area contributed by atoms with Gasteiger partial charge in [-0.1, -0.05) is 92.6 Å². The van der Waals surface area contributed by atoms with Crippen molar-refractivity contribution in [2.75, 3.05) is 0 Å². The summed E-state index contributed by atoms with van der Waals surface area (Å²) < 4.78 is 2.04. The van der Waals surface area contributed by atoms with Crippen molar-refractivity contribution in [1.29, 1.82) is 0 Å². The average molecular weight is 570 g/mol. The van der Waals surface area contributed by atoms with Crippen LogP contribution in [-0.4, -0.2) is 11.6 Å². The zero-order valence-electron chi connectivity index (χ0n) is 18.0. The van der Waals surface area contributed by atoms with Crippen LogP contribution in [0.1, 0.15) is 54.1 Å². The lowest BCUT2D eigenvalue weighted by Gasteiger charge is -2.18. The van der Waals surface area contributed by atoms with E-state index in [1.807, 2.05) is 85.0 Å². The van der Waals surface area contributed by atoms with Gasteiger partial charge in [-0.05, 0) is 70.8 Å². The Balaban J connectivity index is 1.42. The van der Waals surface area contributed by atoms with Crippen LogP contribution >= 0.6 is 31.9 Å². The number of ketones is 2. The number of carbonyl (C=O) groups is 2. The minimum atomic E-state index is -0.119. The van der Waals surface area contributed by atoms with Crippen LogP contribution in [-0.2, 0) is 0 Å². The quantitative estimate of drug-likeness (QED) is 0.204. The summed E-state index contributed by atoms with van der Waals surface area (Å²) in [6.45, 7) is 0. The van der Waals surface area contributed by atoms with E-state index in [4.69, 9.17) is 0 Å². The van der Waals surface area contributed by atoms with Gasteiger partial charge in [0.05, 0.1) is 0 Å². The van der Waals surface area contributed by atoms with Crippen LogP contribution in [0.4, 0.5) is 0 Å². The Kier molecular flexibility index (Phi) is 6.27. The Morgan fingerprint density at radius 1 is 0.412 bits per heavy atom. The van der Waals surface area contributed by atoms with Crippen molar-refractivity contribution in [1.82, 2.24) is 0 Å². The van der Waals surface area contributed by atoms with Gasteiger partial charge < -0.3 is 0 Å². The summed E-state index contributed by atoms with van der Waals surface area (Å²) >= 11 is 6.87. The lowest BCUT2D eigenvalue weighted by molar-refractivity contribution is 0.0979. The number of hydrogen-bond donors (Lipinski definition) is 0. The fourth-order valence-electron chi connectivity index (χ4n) is 3.93. The van der Waals surface area contributed by atoms with Crippen LogP contribution in [0, 0.1) is 0 Å². The molecule has 0 saturated heterocycles. The van der Waals surface area contributed by atoms with Crippen LogP contribution in [0.5, 0.6) is 0 Å². The maximum atomic E-state index is 13.2. The Hall–Kier alpha value is -3.34. The van der Waals surface area contributed by atoms with E-state index >= 15 is 0 Å². The Morgan fingerprint density at radius 3 is 1.12 bits per heavy atom. The Morgan fingerprint density at radius 2 is 0.735 bits per heavy atom. The smallest absolute Gasteiger partial charge is 0.194 e. The zero-order chi connectivity index (χ0) is 23.7. The van der Waals surface area contributed by atoms with Crippen LogP contribution in [0.25, 0.3) is 24.3 Å². The van der Waals surface area contributed by atoms with Crippen LogP contribution in [0.3, 0.4) is 0 Å². The maximum Gasteiger partial charge on any atom is 0.194 e. The molecule has 1 aliphatic carbocycles. The number of fused-ring (bicyclic) bond motifs is 2. The highest BCUT2D eigenvalue weighted by molar-refractivity contribution is 9.10. The van der Waals surface area contributed by atoms with E-state index in [-0.39, 0.29) is 11.6 Å². The molecule has 4 aromatic rings. The molecule has 2 nitrogen and oxygen atoms in total. The zero-order valence-corrected chi connectivity index (χ0v) is 21.1. The van der Waals surface area contributed by atoms with Gasteiger partial charge in [-0.25, -0.2) is 0 Å². The van der Waals surface area contributed by atoms with Gasteiger partial charge in [0.25, 0.3) is 0 Å². The molecule has 0 N–H and O–H groups in total. The van der Waals surface area contributed by atoms with E-state index in [1.165, 1.54) is 0 Å². The standard InChI is InChI=1S/C30H18Br2O2/c31-23-11-5-19(6-12-23)1-3-21-9-15-25-27(17-21)29(33)26-16-10-22(18-28(26)30(25)34)4-2-20-7-13-24(32)14-8-20/h1-18H. The fraction of sp³-hybridized carbons (Fsp3) is 0. The molecule has 0 amide bonds. The number of benzene rings is 4. The molecule has 1 aliphatic rings. The van der Waals surface area contributed by atoms with Crippen molar-refractivity contribution in [3.05, 3.63) is 138 Å². The van der Waals surface area contributed by atoms with Crippen LogP contribution < -0.4 is 0 Å². The second-order valence-corrected chi connectivity index (χ2v) is 9.87. The lowest BCUT2D eigenvalue weighted by Crippen LogP contribution is -2.21. The first-order valence-corrected chi connectivity index (χ1v) is 12.3. The molecule has 0 heterocycles. The van der Waals surface area contributed by atoms with Gasteiger partial charge in [0.2, 0.25) is 0 Å². The number of hydrogen-bond acceptors (Lipinski definition) is 2. The second kappa shape index (κ2) is 9.49. The van der Waals surface area contributed by atoms with Gasteiger partial charge in [-0.2, -0.15) is 0 Å². The van der Waals surface area contributed by atoms with Crippen molar-refractivity contribution >= 4 is 67.7 Å². The molecule has 0 fully saturated rings. The average Bonchev–Trinajstić information content (AvgIpc) is 2.86. The topological polar surface area (TPSA) is 34.1 Å². The molecule has 0 bridgehead atoms. The highest BCUT2D eigenvalue weighted by atomic mass is 79.9. The van der Waals surface area contributed by atoms with Gasteiger partial charge >= 0.3 is 0 Å². The SMILES string of the molecule is O=C1c2ccc(C=Cc3ccc(Br)cc3)cc2C(=O)c2ccc(C=Cc3ccc(Br)cc3)cc21. The molecule has 0 spiro atoms. The summed E-state index contributed by atoms with van der Waals surface area (Å²) in [5, 5.41) is 0. The molecular formula is C30H18Br2O2. The van der Waals surface area contributed by atoms with Gasteiger partial charge in [-0.3, -0.25) is 9.59 Å². The highest BCUT2D eigenvalue weighted by Crippen LogP contribution is 2.30. The Bertz CT molecular complexity index is 1360. The van der Waals surface area contributed by atoms with E-state index in [1.54, 1.807) is 24.3 Å². The van der Waals surface area contributed by atoms with Crippen LogP contribution in [0.2, 0.25) is 0 Å². The third-order valence-electron chi connectivity index (χ3n) is 5.74. The third-order valence-corrected chi connectivity index (χ3v) is 6.80. The largest absolute Gasteiger partial charge is 0.289 e. The summed E-state index contributed by atoms with van der Waals surface area (Å²) in [6.07, 6.45) is 7.88. The van der Waals surface area contributed by atoms with E-state index in [2.05, 4.69) is 31.9 Å². The number of halogens is 2. The molecule has 164 valence electrons. The first-order valence-electron chi connectivity index (χ1n) is 10.7. The number of carbonyl (C=O) groups excluding carboxylic acids is 2. The third kappa shape index (κ3) is 4.65. The van der Waals surface area contributed by atoms with E-state index < -0.39 is 0 Å². The molecule has 4 aromatic carbocycles. The van der Waals surface area contributed by atoms with Gasteiger partial charge in [0.15, 0.2) is 11.6 Å². The summed E-state index contributed by atoms with van der Waals surface area (Å²) in [5.74, 6) is -0.237. The lowest BCUT2D eigenvalue weighted by atomic mass is 9.82. The molecule has 0 unspecified atom stereocenters. The molecule has 0 aliphatic heterocycles. The summed E-state index contributed by atoms with van der Waals surface area (Å²) in [4.78, 5) is 26.5. The molecule has 0 radical (unpaired) electrons. The minimum Gasteiger partial charge on any atom is -0.289 e. The summed E-state index contributed by atoms with van der Waals surface area (Å²) in [6, 6.07) is 26.8. The van der Waals surface area contributed by atoms with Crippen molar-refractivity contribution < 1.29 is 9.59 Å². The van der Waals surface area contributed by atoms with Crippen molar-refractivity contribution in [3.8, 4) is 0 Å². The van der Waals surface area contributed by atoms with Crippen molar-refractivity contribution in [2.45, 2.75) is 0 Å². The molecule has 5 rings (SSSR count). The van der Waals surface area contributed by atoms with Gasteiger partial charge in [-0.15, -0.1) is 0 Å². The van der Waals surface area contributed by atoms with E-state index in [9.17, 15) is 9.59 Å². The molecule has 0 aromatic heterocycles. The molecule has 34 heavy (non-hydrogen) atoms. The van der Waals surface area contributed by atoms with Crippen molar-refractivity contribution in [3.63, 3.8) is 0 Å². The molecule has 4 heteroatoms. The molecule has 0 saturated carbocycles. The predicted octanol–water partition coefficient (Wildman–Crippen LogP) is 8.33. The van der Waals surface area contributed by atoms with E-state index in [0.717, 1.165) is 31.2 Å². The first-order chi connectivity index (χ1) is 16.5. The Labute approximate surface area is 214 Å². The first kappa shape index (κ1) is 22.5. The predicted molar refractivity (Wildman–Crippen MR) is 146 cm³/mol. The van der Waals surface area contributed by atoms with Crippen LogP contribution in [0.15, 0.2) is 93.9 Å². The molecule has 0 atom stereocenters. The number of rotatable bonds is 4.